The van der Waals surface area contributed by atoms with Crippen molar-refractivity contribution >= 4 is 23.8 Å². The molecule has 0 bridgehead atoms. The molecule has 0 aromatic carbocycles. The van der Waals surface area contributed by atoms with E-state index in [9.17, 15) is 4.79 Å². The average Bonchev–Trinajstić information content (AvgIpc) is 3.01. The van der Waals surface area contributed by atoms with Crippen LogP contribution in [0.5, 0.6) is 0 Å². The molecule has 2 rings (SSSR count). The number of rotatable bonds is 10. The van der Waals surface area contributed by atoms with Crippen molar-refractivity contribution in [1.82, 2.24) is 14.9 Å². The van der Waals surface area contributed by atoms with Crippen molar-refractivity contribution in [3.8, 4) is 0 Å². The van der Waals surface area contributed by atoms with Crippen LogP contribution in [0, 0.1) is 0 Å². The summed E-state index contributed by atoms with van der Waals surface area (Å²) < 4.78 is 0. The first kappa shape index (κ1) is 20.6. The van der Waals surface area contributed by atoms with Gasteiger partial charge in [0.1, 0.15) is 5.84 Å². The molecule has 0 radical (unpaired) electrons. The van der Waals surface area contributed by atoms with E-state index < -0.39 is 0 Å². The highest BCUT2D eigenvalue weighted by Crippen LogP contribution is 2.29. The molecule has 144 valence electrons. The maximum Gasteiger partial charge on any atom is 0.223 e. The maximum absolute atomic E-state index is 11.4. The van der Waals surface area contributed by atoms with Crippen LogP contribution in [0.3, 0.4) is 0 Å². The molecule has 1 amide bonds. The molecule has 1 unspecified atom stereocenters. The van der Waals surface area contributed by atoms with Gasteiger partial charge in [0.15, 0.2) is 0 Å². The Morgan fingerprint density at radius 1 is 1.37 bits per heavy atom. The Labute approximate surface area is 161 Å². The smallest absolute Gasteiger partial charge is 0.223 e. The molecule has 1 atom stereocenters. The Balaban J connectivity index is 2.23. The first-order chi connectivity index (χ1) is 13.1. The lowest BCUT2D eigenvalue weighted by Crippen LogP contribution is -2.20. The summed E-state index contributed by atoms with van der Waals surface area (Å²) in [5.41, 5.74) is 2.17. The van der Waals surface area contributed by atoms with Crippen LogP contribution in [0.15, 0.2) is 47.9 Å². The zero-order valence-electron chi connectivity index (χ0n) is 16.5. The van der Waals surface area contributed by atoms with Gasteiger partial charge in [0.25, 0.3) is 0 Å². The lowest BCUT2D eigenvalue weighted by atomic mass is 10.1. The Morgan fingerprint density at radius 2 is 2.19 bits per heavy atom. The molecule has 0 aliphatic carbocycles. The quantitative estimate of drug-likeness (QED) is 0.616. The second-order valence-electron chi connectivity index (χ2n) is 6.44. The fraction of sp³-hybridized carbons (Fsp3) is 0.429. The number of allylic oxidation sites excluding steroid dienone is 1. The monoisotopic (exact) mass is 367 g/mol. The molecule has 2 heterocycles. The first-order valence-electron chi connectivity index (χ1n) is 9.62. The van der Waals surface area contributed by atoms with Gasteiger partial charge in [-0.05, 0) is 25.3 Å². The van der Waals surface area contributed by atoms with Crippen LogP contribution in [0.1, 0.15) is 58.6 Å². The number of nitrogens with zero attached hydrogens (tertiary/aromatic N) is 4. The summed E-state index contributed by atoms with van der Waals surface area (Å²) in [5.74, 6) is 1.12. The number of anilines is 1. The number of carbonyl (C=O) groups is 1. The predicted molar refractivity (Wildman–Crippen MR) is 111 cm³/mol. The summed E-state index contributed by atoms with van der Waals surface area (Å²) in [6.07, 6.45) is 13.1. The van der Waals surface area contributed by atoms with E-state index in [4.69, 9.17) is 0 Å². The fourth-order valence-corrected chi connectivity index (χ4v) is 2.82. The molecular weight excluding hydrogens is 338 g/mol. The largest absolute Gasteiger partial charge is 0.351 e. The third-order valence-corrected chi connectivity index (χ3v) is 4.42. The molecule has 0 saturated heterocycles. The molecule has 0 fully saturated rings. The van der Waals surface area contributed by atoms with Crippen LogP contribution in [-0.2, 0) is 4.79 Å². The second kappa shape index (κ2) is 10.4. The summed E-state index contributed by atoms with van der Waals surface area (Å²) in [6.45, 7) is 10.5. The van der Waals surface area contributed by atoms with Gasteiger partial charge in [-0.3, -0.25) is 9.69 Å². The van der Waals surface area contributed by atoms with Crippen LogP contribution in [-0.4, -0.2) is 33.2 Å². The molecule has 1 aromatic heterocycles. The van der Waals surface area contributed by atoms with E-state index in [1.165, 1.54) is 17.7 Å². The van der Waals surface area contributed by atoms with Gasteiger partial charge in [-0.25, -0.2) is 15.0 Å². The van der Waals surface area contributed by atoms with Crippen LogP contribution < -0.4 is 5.32 Å². The van der Waals surface area contributed by atoms with E-state index in [0.29, 0.717) is 23.4 Å². The summed E-state index contributed by atoms with van der Waals surface area (Å²) in [6, 6.07) is 2.17. The van der Waals surface area contributed by atoms with Crippen LogP contribution in [0.4, 0.5) is 5.95 Å². The number of unbranched alkanes of at least 4 members (excludes halogenated alkanes) is 1. The van der Waals surface area contributed by atoms with Crippen molar-refractivity contribution < 1.29 is 4.79 Å². The van der Waals surface area contributed by atoms with Crippen LogP contribution >= 0.6 is 0 Å². The SMILES string of the molecule is C=C1C(c2ccnc(NC(CC)CCCC)n2)=CN(C=O)C1=N/C=C\CC. The Kier molecular flexibility index (Phi) is 7.92. The molecule has 1 aliphatic heterocycles. The van der Waals surface area contributed by atoms with Gasteiger partial charge in [0, 0.05) is 35.8 Å². The molecule has 1 N–H and O–H groups in total. The number of nitrogens with one attached hydrogen (secondary N) is 1. The third-order valence-electron chi connectivity index (χ3n) is 4.42. The van der Waals surface area contributed by atoms with Crippen molar-refractivity contribution in [3.63, 3.8) is 0 Å². The van der Waals surface area contributed by atoms with Crippen molar-refractivity contribution in [3.05, 3.63) is 48.6 Å². The number of aromatic nitrogens is 2. The fourth-order valence-electron chi connectivity index (χ4n) is 2.82. The van der Waals surface area contributed by atoms with Gasteiger partial charge in [-0.1, -0.05) is 46.3 Å². The van der Waals surface area contributed by atoms with E-state index >= 15 is 0 Å². The molecule has 1 aliphatic rings. The highest BCUT2D eigenvalue weighted by atomic mass is 16.1. The predicted octanol–water partition coefficient (Wildman–Crippen LogP) is 4.55. The number of amides is 1. The van der Waals surface area contributed by atoms with Gasteiger partial charge in [-0.2, -0.15) is 0 Å². The van der Waals surface area contributed by atoms with Gasteiger partial charge in [0.05, 0.1) is 5.69 Å². The molecule has 0 spiro atoms. The van der Waals surface area contributed by atoms with Crippen LogP contribution in [0.25, 0.3) is 5.57 Å². The number of amidine groups is 1. The third kappa shape index (κ3) is 5.36. The molecule has 27 heavy (non-hydrogen) atoms. The summed E-state index contributed by atoms with van der Waals surface area (Å²) >= 11 is 0. The molecule has 1 aromatic rings. The summed E-state index contributed by atoms with van der Waals surface area (Å²) in [7, 11) is 0. The van der Waals surface area contributed by atoms with E-state index in [2.05, 4.69) is 40.7 Å². The van der Waals surface area contributed by atoms with Crippen molar-refractivity contribution in [2.75, 3.05) is 5.32 Å². The van der Waals surface area contributed by atoms with Gasteiger partial charge in [0.2, 0.25) is 12.4 Å². The van der Waals surface area contributed by atoms with Gasteiger partial charge < -0.3 is 5.32 Å². The summed E-state index contributed by atoms with van der Waals surface area (Å²) in [5, 5.41) is 3.42. The van der Waals surface area contributed by atoms with E-state index in [-0.39, 0.29) is 0 Å². The minimum absolute atomic E-state index is 0.351. The van der Waals surface area contributed by atoms with E-state index in [1.54, 1.807) is 18.6 Å². The van der Waals surface area contributed by atoms with Crippen LogP contribution in [0.2, 0.25) is 0 Å². The van der Waals surface area contributed by atoms with Crippen molar-refractivity contribution in [2.45, 2.75) is 58.9 Å². The normalized spacial score (nSPS) is 16.9. The maximum atomic E-state index is 11.4. The molecular formula is C21H29N5O. The zero-order chi connectivity index (χ0) is 19.6. The van der Waals surface area contributed by atoms with E-state index in [0.717, 1.165) is 36.9 Å². The molecule has 0 saturated carbocycles. The Hall–Kier alpha value is -2.76. The second-order valence-corrected chi connectivity index (χ2v) is 6.44. The first-order valence-corrected chi connectivity index (χ1v) is 9.62. The Bertz CT molecular complexity index is 751. The highest BCUT2D eigenvalue weighted by Gasteiger charge is 2.25. The summed E-state index contributed by atoms with van der Waals surface area (Å²) in [4.78, 5) is 26.2. The number of aliphatic imine (C=N–C) groups is 1. The Morgan fingerprint density at radius 3 is 2.85 bits per heavy atom. The highest BCUT2D eigenvalue weighted by molar-refractivity contribution is 6.19. The topological polar surface area (TPSA) is 70.5 Å². The minimum atomic E-state index is 0.351. The van der Waals surface area contributed by atoms with E-state index in [1.807, 2.05) is 19.1 Å². The molecule has 6 nitrogen and oxygen atoms in total. The number of hydrogen-bond donors (Lipinski definition) is 1. The minimum Gasteiger partial charge on any atom is -0.351 e. The standard InChI is InChI=1S/C21H29N5O/c1-5-8-10-17(7-3)24-21-23-13-11-19(25-21)18-14-26(15-27)20(16(18)4)22-12-9-6-2/h9,11-15,17H,4-8,10H2,1-3H3,(H,23,24,25)/b12-9-,22-20?. The van der Waals surface area contributed by atoms with Crippen molar-refractivity contribution in [1.29, 1.82) is 0 Å². The zero-order valence-corrected chi connectivity index (χ0v) is 16.5. The lowest BCUT2D eigenvalue weighted by molar-refractivity contribution is -0.113. The van der Waals surface area contributed by atoms with Crippen molar-refractivity contribution in [2.24, 2.45) is 4.99 Å². The number of hydrogen-bond acceptors (Lipinski definition) is 5. The van der Waals surface area contributed by atoms with Gasteiger partial charge in [-0.15, -0.1) is 0 Å². The average molecular weight is 367 g/mol. The lowest BCUT2D eigenvalue weighted by Gasteiger charge is -2.16. The molecule has 6 heteroatoms. The van der Waals surface area contributed by atoms with Gasteiger partial charge >= 0.3 is 0 Å². The number of carbonyl (C=O) groups excluding carboxylic acids is 1.